The lowest BCUT2D eigenvalue weighted by Gasteiger charge is -2.40. The molecule has 2 unspecified atom stereocenters. The van der Waals surface area contributed by atoms with E-state index >= 15 is 0 Å². The summed E-state index contributed by atoms with van der Waals surface area (Å²) in [6, 6.07) is 0.607. The molecule has 0 saturated carbocycles. The molecule has 1 amide bonds. The zero-order valence-corrected chi connectivity index (χ0v) is 12.5. The number of hydrogen-bond donors (Lipinski definition) is 1. The number of amides is 1. The zero-order chi connectivity index (χ0) is 13.8. The van der Waals surface area contributed by atoms with Crippen LogP contribution >= 0.6 is 0 Å². The minimum atomic E-state index is 0.255. The molecule has 0 aliphatic carbocycles. The molecular formula is C15H29N3O. The summed E-state index contributed by atoms with van der Waals surface area (Å²) in [5.41, 5.74) is 5.97. The number of nitrogens with zero attached hydrogens (tertiary/aromatic N) is 2. The minimum absolute atomic E-state index is 0.255. The highest BCUT2D eigenvalue weighted by Crippen LogP contribution is 2.24. The highest BCUT2D eigenvalue weighted by atomic mass is 16.2. The van der Waals surface area contributed by atoms with Gasteiger partial charge >= 0.3 is 0 Å². The Balaban J connectivity index is 1.84. The molecule has 0 spiro atoms. The first kappa shape index (κ1) is 14.8. The summed E-state index contributed by atoms with van der Waals surface area (Å²) in [4.78, 5) is 17.2. The fourth-order valence-corrected chi connectivity index (χ4v) is 3.49. The van der Waals surface area contributed by atoms with Gasteiger partial charge in [-0.1, -0.05) is 6.92 Å². The molecule has 0 bridgehead atoms. The number of rotatable bonds is 3. The summed E-state index contributed by atoms with van der Waals surface area (Å²) in [5.74, 6) is 0.639. The van der Waals surface area contributed by atoms with Gasteiger partial charge in [0.2, 0.25) is 5.91 Å². The van der Waals surface area contributed by atoms with Gasteiger partial charge in [-0.05, 0) is 58.7 Å². The van der Waals surface area contributed by atoms with Gasteiger partial charge in [0.25, 0.3) is 0 Å². The number of piperidine rings is 2. The van der Waals surface area contributed by atoms with Crippen molar-refractivity contribution < 1.29 is 4.79 Å². The molecule has 0 aromatic rings. The summed E-state index contributed by atoms with van der Waals surface area (Å²) in [5, 5.41) is 0. The fourth-order valence-electron chi connectivity index (χ4n) is 3.49. The van der Waals surface area contributed by atoms with Crippen LogP contribution in [0.2, 0.25) is 0 Å². The SMILES string of the molecule is CCCN1CCC(C(=O)N2CCC(N)CC2C)CC1. The molecule has 0 radical (unpaired) electrons. The fraction of sp³-hybridized carbons (Fsp3) is 0.933. The van der Waals surface area contributed by atoms with Crippen molar-refractivity contribution in [1.82, 2.24) is 9.80 Å². The lowest BCUT2D eigenvalue weighted by Crippen LogP contribution is -2.51. The third kappa shape index (κ3) is 3.69. The Morgan fingerprint density at radius 2 is 1.89 bits per heavy atom. The molecule has 19 heavy (non-hydrogen) atoms. The highest BCUT2D eigenvalue weighted by molar-refractivity contribution is 5.79. The van der Waals surface area contributed by atoms with Crippen LogP contribution in [-0.4, -0.2) is 54.0 Å². The van der Waals surface area contributed by atoms with E-state index in [1.165, 1.54) is 13.0 Å². The van der Waals surface area contributed by atoms with Crippen molar-refractivity contribution in [2.75, 3.05) is 26.2 Å². The Morgan fingerprint density at radius 1 is 1.21 bits per heavy atom. The first-order chi connectivity index (χ1) is 9.11. The molecule has 110 valence electrons. The van der Waals surface area contributed by atoms with Crippen molar-refractivity contribution in [1.29, 1.82) is 0 Å². The van der Waals surface area contributed by atoms with E-state index < -0.39 is 0 Å². The smallest absolute Gasteiger partial charge is 0.226 e. The Bertz CT molecular complexity index is 300. The van der Waals surface area contributed by atoms with Gasteiger partial charge in [-0.15, -0.1) is 0 Å². The monoisotopic (exact) mass is 267 g/mol. The van der Waals surface area contributed by atoms with Crippen LogP contribution in [0.4, 0.5) is 0 Å². The number of carbonyl (C=O) groups is 1. The van der Waals surface area contributed by atoms with E-state index in [0.717, 1.165) is 45.3 Å². The van der Waals surface area contributed by atoms with E-state index in [-0.39, 0.29) is 12.0 Å². The Kier molecular flexibility index (Phi) is 5.22. The average Bonchev–Trinajstić information content (AvgIpc) is 2.39. The van der Waals surface area contributed by atoms with Crippen LogP contribution < -0.4 is 5.73 Å². The summed E-state index contributed by atoms with van der Waals surface area (Å²) >= 11 is 0. The Hall–Kier alpha value is -0.610. The van der Waals surface area contributed by atoms with Crippen LogP contribution in [0.25, 0.3) is 0 Å². The van der Waals surface area contributed by atoms with E-state index in [2.05, 4.69) is 23.6 Å². The van der Waals surface area contributed by atoms with Crippen molar-refractivity contribution >= 4 is 5.91 Å². The molecule has 2 fully saturated rings. The van der Waals surface area contributed by atoms with Gasteiger partial charge in [-0.3, -0.25) is 4.79 Å². The number of nitrogens with two attached hydrogens (primary N) is 1. The van der Waals surface area contributed by atoms with Gasteiger partial charge in [0.1, 0.15) is 0 Å². The van der Waals surface area contributed by atoms with Crippen molar-refractivity contribution in [3.05, 3.63) is 0 Å². The molecule has 2 atom stereocenters. The first-order valence-corrected chi connectivity index (χ1v) is 7.90. The normalized spacial score (nSPS) is 30.6. The van der Waals surface area contributed by atoms with E-state index in [0.29, 0.717) is 11.9 Å². The van der Waals surface area contributed by atoms with Crippen LogP contribution in [0.5, 0.6) is 0 Å². The second-order valence-electron chi connectivity index (χ2n) is 6.28. The van der Waals surface area contributed by atoms with Gasteiger partial charge in [0.05, 0.1) is 0 Å². The molecule has 4 heteroatoms. The molecule has 2 saturated heterocycles. The summed E-state index contributed by atoms with van der Waals surface area (Å²) in [7, 11) is 0. The predicted molar refractivity (Wildman–Crippen MR) is 77.8 cm³/mol. The average molecular weight is 267 g/mol. The van der Waals surface area contributed by atoms with E-state index in [9.17, 15) is 4.79 Å². The lowest BCUT2D eigenvalue weighted by molar-refractivity contribution is -0.140. The molecule has 0 aromatic heterocycles. The maximum absolute atomic E-state index is 12.6. The van der Waals surface area contributed by atoms with E-state index in [1.807, 2.05) is 0 Å². The van der Waals surface area contributed by atoms with Gasteiger partial charge in [-0.2, -0.15) is 0 Å². The minimum Gasteiger partial charge on any atom is -0.340 e. The molecule has 2 aliphatic heterocycles. The molecule has 2 rings (SSSR count). The second kappa shape index (κ2) is 6.71. The predicted octanol–water partition coefficient (Wildman–Crippen LogP) is 1.45. The molecule has 0 aromatic carbocycles. The topological polar surface area (TPSA) is 49.6 Å². The number of hydrogen-bond acceptors (Lipinski definition) is 3. The van der Waals surface area contributed by atoms with Crippen LogP contribution in [0.3, 0.4) is 0 Å². The van der Waals surface area contributed by atoms with Crippen LogP contribution in [0.15, 0.2) is 0 Å². The van der Waals surface area contributed by atoms with Crippen molar-refractivity contribution in [2.45, 2.75) is 58.0 Å². The van der Waals surface area contributed by atoms with Crippen molar-refractivity contribution in [3.63, 3.8) is 0 Å². The standard InChI is InChI=1S/C15H29N3O/c1-3-7-17-8-4-13(5-9-17)15(19)18-10-6-14(16)11-12(18)2/h12-14H,3-11,16H2,1-2H3. The van der Waals surface area contributed by atoms with Gasteiger partial charge in [0.15, 0.2) is 0 Å². The molecule has 4 nitrogen and oxygen atoms in total. The summed E-state index contributed by atoms with van der Waals surface area (Å²) in [6.45, 7) is 8.57. The number of likely N-dealkylation sites (tertiary alicyclic amines) is 2. The third-order valence-electron chi connectivity index (χ3n) is 4.68. The maximum Gasteiger partial charge on any atom is 0.226 e. The Labute approximate surface area is 117 Å². The van der Waals surface area contributed by atoms with E-state index in [4.69, 9.17) is 5.73 Å². The molecule has 2 heterocycles. The van der Waals surface area contributed by atoms with Gasteiger partial charge in [0, 0.05) is 24.5 Å². The summed E-state index contributed by atoms with van der Waals surface area (Å²) < 4.78 is 0. The molecular weight excluding hydrogens is 238 g/mol. The highest BCUT2D eigenvalue weighted by Gasteiger charge is 2.33. The third-order valence-corrected chi connectivity index (χ3v) is 4.68. The van der Waals surface area contributed by atoms with Crippen molar-refractivity contribution in [3.8, 4) is 0 Å². The van der Waals surface area contributed by atoms with Crippen LogP contribution in [0, 0.1) is 5.92 Å². The lowest BCUT2D eigenvalue weighted by atomic mass is 9.92. The second-order valence-corrected chi connectivity index (χ2v) is 6.28. The quantitative estimate of drug-likeness (QED) is 0.842. The van der Waals surface area contributed by atoms with Crippen LogP contribution in [0.1, 0.15) is 46.0 Å². The zero-order valence-electron chi connectivity index (χ0n) is 12.5. The van der Waals surface area contributed by atoms with Gasteiger partial charge < -0.3 is 15.5 Å². The molecule has 2 N–H and O–H groups in total. The van der Waals surface area contributed by atoms with Crippen LogP contribution in [-0.2, 0) is 4.79 Å². The first-order valence-electron chi connectivity index (χ1n) is 7.90. The van der Waals surface area contributed by atoms with Crippen molar-refractivity contribution in [2.24, 2.45) is 11.7 Å². The summed E-state index contributed by atoms with van der Waals surface area (Å²) in [6.07, 6.45) is 5.20. The maximum atomic E-state index is 12.6. The number of carbonyl (C=O) groups excluding carboxylic acids is 1. The molecule has 2 aliphatic rings. The van der Waals surface area contributed by atoms with Gasteiger partial charge in [-0.25, -0.2) is 0 Å². The Morgan fingerprint density at radius 3 is 2.47 bits per heavy atom. The largest absolute Gasteiger partial charge is 0.340 e. The van der Waals surface area contributed by atoms with E-state index in [1.54, 1.807) is 0 Å².